The van der Waals surface area contributed by atoms with Crippen LogP contribution in [0.2, 0.25) is 0 Å². The zero-order chi connectivity index (χ0) is 12.7. The summed E-state index contributed by atoms with van der Waals surface area (Å²) in [5.74, 6) is 0.550. The molecule has 1 unspecified atom stereocenters. The van der Waals surface area contributed by atoms with Crippen molar-refractivity contribution < 1.29 is 0 Å². The highest BCUT2D eigenvalue weighted by Crippen LogP contribution is 2.41. The number of benzene rings is 2. The molecule has 0 amide bonds. The Kier molecular flexibility index (Phi) is 2.41. The van der Waals surface area contributed by atoms with Crippen molar-refractivity contribution in [3.05, 3.63) is 83.5 Å². The Labute approximate surface area is 114 Å². The van der Waals surface area contributed by atoms with E-state index in [1.807, 2.05) is 0 Å². The highest BCUT2D eigenvalue weighted by atomic mass is 14.3. The number of fused-ring (bicyclic) bond motifs is 3. The summed E-state index contributed by atoms with van der Waals surface area (Å²) < 4.78 is 0. The first-order valence-corrected chi connectivity index (χ1v) is 6.97. The topological polar surface area (TPSA) is 0 Å². The molecule has 0 spiro atoms. The molecule has 0 aliphatic heterocycles. The van der Waals surface area contributed by atoms with Crippen molar-refractivity contribution in [2.45, 2.75) is 18.8 Å². The Morgan fingerprint density at radius 1 is 0.842 bits per heavy atom. The lowest BCUT2D eigenvalue weighted by Gasteiger charge is -2.17. The molecule has 0 radical (unpaired) electrons. The van der Waals surface area contributed by atoms with Crippen molar-refractivity contribution in [3.63, 3.8) is 0 Å². The van der Waals surface area contributed by atoms with Gasteiger partial charge in [0.05, 0.1) is 0 Å². The molecule has 0 N–H and O–H groups in total. The van der Waals surface area contributed by atoms with Crippen LogP contribution >= 0.6 is 0 Å². The minimum atomic E-state index is 0.550. The summed E-state index contributed by atoms with van der Waals surface area (Å²) in [6, 6.07) is 15.6. The van der Waals surface area contributed by atoms with Crippen LogP contribution in [-0.2, 0) is 6.42 Å². The minimum Gasteiger partial charge on any atom is -0.0836 e. The van der Waals surface area contributed by atoms with Crippen molar-refractivity contribution >= 4 is 0 Å². The van der Waals surface area contributed by atoms with E-state index in [2.05, 4.69) is 66.8 Å². The van der Waals surface area contributed by atoms with E-state index in [1.165, 1.54) is 27.8 Å². The average molecular weight is 244 g/mol. The Morgan fingerprint density at radius 2 is 1.74 bits per heavy atom. The van der Waals surface area contributed by atoms with E-state index in [-0.39, 0.29) is 0 Å². The summed E-state index contributed by atoms with van der Waals surface area (Å²) in [5, 5.41) is 0. The summed E-state index contributed by atoms with van der Waals surface area (Å²) in [6.45, 7) is 0. The van der Waals surface area contributed by atoms with Gasteiger partial charge >= 0.3 is 0 Å². The van der Waals surface area contributed by atoms with Crippen LogP contribution in [0.15, 0.2) is 66.8 Å². The van der Waals surface area contributed by atoms with Crippen molar-refractivity contribution in [1.82, 2.24) is 0 Å². The van der Waals surface area contributed by atoms with Gasteiger partial charge in [0.15, 0.2) is 0 Å². The van der Waals surface area contributed by atoms with Gasteiger partial charge in [-0.3, -0.25) is 0 Å². The molecule has 2 aromatic rings. The Hall–Kier alpha value is -2.08. The van der Waals surface area contributed by atoms with E-state index >= 15 is 0 Å². The quantitative estimate of drug-likeness (QED) is 0.573. The van der Waals surface area contributed by atoms with E-state index in [9.17, 15) is 0 Å². The van der Waals surface area contributed by atoms with Gasteiger partial charge < -0.3 is 0 Å². The maximum atomic E-state index is 2.33. The standard InChI is InChI=1S/C19H16/c1-2-7-14(8-3-1)16-11-6-12-18-17-10-5-4-9-15(17)13-19(16)18/h1-7,9-12,14H,8,13H2. The molecule has 1 atom stereocenters. The van der Waals surface area contributed by atoms with Gasteiger partial charge in [0.1, 0.15) is 0 Å². The van der Waals surface area contributed by atoms with Crippen LogP contribution in [-0.4, -0.2) is 0 Å². The van der Waals surface area contributed by atoms with Gasteiger partial charge in [-0.15, -0.1) is 0 Å². The molecule has 0 bridgehead atoms. The Balaban J connectivity index is 1.85. The average Bonchev–Trinajstić information content (AvgIpc) is 2.87. The van der Waals surface area contributed by atoms with Crippen LogP contribution in [0.1, 0.15) is 29.0 Å². The van der Waals surface area contributed by atoms with E-state index in [0.29, 0.717) is 5.92 Å². The molecular weight excluding hydrogens is 228 g/mol. The van der Waals surface area contributed by atoms with E-state index < -0.39 is 0 Å². The number of allylic oxidation sites excluding steroid dienone is 4. The van der Waals surface area contributed by atoms with Crippen LogP contribution in [0.4, 0.5) is 0 Å². The van der Waals surface area contributed by atoms with Crippen molar-refractivity contribution in [2.75, 3.05) is 0 Å². The largest absolute Gasteiger partial charge is 0.0836 e. The second-order valence-corrected chi connectivity index (χ2v) is 5.36. The molecule has 0 nitrogen and oxygen atoms in total. The molecule has 2 aliphatic carbocycles. The molecule has 0 fully saturated rings. The monoisotopic (exact) mass is 244 g/mol. The predicted octanol–water partition coefficient (Wildman–Crippen LogP) is 4.86. The molecule has 0 heteroatoms. The molecule has 19 heavy (non-hydrogen) atoms. The fourth-order valence-electron chi connectivity index (χ4n) is 3.34. The van der Waals surface area contributed by atoms with Crippen LogP contribution in [0.5, 0.6) is 0 Å². The molecule has 2 aliphatic rings. The molecule has 0 saturated carbocycles. The lowest BCUT2D eigenvalue weighted by Crippen LogP contribution is -2.00. The first kappa shape index (κ1) is 10.8. The Morgan fingerprint density at radius 3 is 2.63 bits per heavy atom. The normalized spacial score (nSPS) is 19.3. The summed E-state index contributed by atoms with van der Waals surface area (Å²) in [5.41, 5.74) is 7.38. The second-order valence-electron chi connectivity index (χ2n) is 5.36. The van der Waals surface area contributed by atoms with Crippen LogP contribution < -0.4 is 0 Å². The number of rotatable bonds is 1. The summed E-state index contributed by atoms with van der Waals surface area (Å²) in [4.78, 5) is 0. The maximum absolute atomic E-state index is 2.33. The second kappa shape index (κ2) is 4.24. The van der Waals surface area contributed by atoms with Gasteiger partial charge in [-0.25, -0.2) is 0 Å². The van der Waals surface area contributed by atoms with Gasteiger partial charge in [-0.2, -0.15) is 0 Å². The number of hydrogen-bond acceptors (Lipinski definition) is 0. The molecule has 4 rings (SSSR count). The highest BCUT2D eigenvalue weighted by Gasteiger charge is 2.22. The molecule has 0 saturated heterocycles. The Bertz CT molecular complexity index is 689. The van der Waals surface area contributed by atoms with Crippen molar-refractivity contribution in [2.24, 2.45) is 0 Å². The highest BCUT2D eigenvalue weighted by molar-refractivity contribution is 5.78. The summed E-state index contributed by atoms with van der Waals surface area (Å²) >= 11 is 0. The van der Waals surface area contributed by atoms with E-state index in [0.717, 1.165) is 12.8 Å². The maximum Gasteiger partial charge on any atom is 0.00587 e. The lowest BCUT2D eigenvalue weighted by atomic mass is 9.87. The van der Waals surface area contributed by atoms with Gasteiger partial charge in [0.2, 0.25) is 0 Å². The van der Waals surface area contributed by atoms with E-state index in [1.54, 1.807) is 0 Å². The molecule has 0 heterocycles. The third-order valence-electron chi connectivity index (χ3n) is 4.27. The smallest absolute Gasteiger partial charge is 0.00587 e. The number of hydrogen-bond donors (Lipinski definition) is 0. The SMILES string of the molecule is C1=CCC(c2cccc3c2Cc2ccccc2-3)C=C1. The van der Waals surface area contributed by atoms with Gasteiger partial charge in [0.25, 0.3) is 0 Å². The molecular formula is C19H16. The fraction of sp³-hybridized carbons (Fsp3) is 0.158. The van der Waals surface area contributed by atoms with E-state index in [4.69, 9.17) is 0 Å². The van der Waals surface area contributed by atoms with Crippen LogP contribution in [0.25, 0.3) is 11.1 Å². The van der Waals surface area contributed by atoms with Crippen LogP contribution in [0, 0.1) is 0 Å². The first-order chi connectivity index (χ1) is 9.43. The first-order valence-electron chi connectivity index (χ1n) is 6.97. The lowest BCUT2D eigenvalue weighted by molar-refractivity contribution is 0.842. The van der Waals surface area contributed by atoms with Crippen molar-refractivity contribution in [3.8, 4) is 11.1 Å². The summed E-state index contributed by atoms with van der Waals surface area (Å²) in [7, 11) is 0. The third kappa shape index (κ3) is 1.67. The van der Waals surface area contributed by atoms with Gasteiger partial charge in [-0.05, 0) is 40.7 Å². The third-order valence-corrected chi connectivity index (χ3v) is 4.27. The molecule has 92 valence electrons. The minimum absolute atomic E-state index is 0.550. The zero-order valence-corrected chi connectivity index (χ0v) is 10.8. The van der Waals surface area contributed by atoms with Crippen LogP contribution in [0.3, 0.4) is 0 Å². The van der Waals surface area contributed by atoms with Gasteiger partial charge in [-0.1, -0.05) is 66.8 Å². The summed E-state index contributed by atoms with van der Waals surface area (Å²) in [6.07, 6.45) is 11.1. The van der Waals surface area contributed by atoms with Crippen molar-refractivity contribution in [1.29, 1.82) is 0 Å². The molecule has 0 aromatic heterocycles. The zero-order valence-electron chi connectivity index (χ0n) is 10.8. The predicted molar refractivity (Wildman–Crippen MR) is 80.3 cm³/mol. The fourth-order valence-corrected chi connectivity index (χ4v) is 3.34. The van der Waals surface area contributed by atoms with Gasteiger partial charge in [0, 0.05) is 5.92 Å². The molecule has 2 aromatic carbocycles.